The van der Waals surface area contributed by atoms with Crippen molar-refractivity contribution in [1.82, 2.24) is 9.97 Å². The third-order valence-electron chi connectivity index (χ3n) is 2.57. The molecule has 1 aliphatic rings. The lowest BCUT2D eigenvalue weighted by Gasteiger charge is -2.19. The van der Waals surface area contributed by atoms with E-state index in [1.54, 1.807) is 0 Å². The van der Waals surface area contributed by atoms with Gasteiger partial charge in [-0.3, -0.25) is 0 Å². The van der Waals surface area contributed by atoms with Gasteiger partial charge in [0.25, 0.3) is 0 Å². The summed E-state index contributed by atoms with van der Waals surface area (Å²) in [6.45, 7) is -0.734. The highest BCUT2D eigenvalue weighted by molar-refractivity contribution is 5.12. The van der Waals surface area contributed by atoms with E-state index < -0.39 is 36.5 Å². The highest BCUT2D eigenvalue weighted by atomic mass is 19.3. The van der Waals surface area contributed by atoms with E-state index in [4.69, 9.17) is 9.84 Å². The molecule has 1 aromatic heterocycles. The molecule has 3 atom stereocenters. The second-order valence-corrected chi connectivity index (χ2v) is 3.69. The molecule has 17 heavy (non-hydrogen) atoms. The highest BCUT2D eigenvalue weighted by Crippen LogP contribution is 2.44. The lowest BCUT2D eigenvalue weighted by Crippen LogP contribution is -2.38. The second kappa shape index (κ2) is 4.13. The van der Waals surface area contributed by atoms with Crippen molar-refractivity contribution in [2.24, 2.45) is 0 Å². The number of rotatable bonds is 2. The fourth-order valence-corrected chi connectivity index (χ4v) is 1.70. The van der Waals surface area contributed by atoms with Gasteiger partial charge in [0.2, 0.25) is 0 Å². The van der Waals surface area contributed by atoms with E-state index in [-0.39, 0.29) is 5.69 Å². The second-order valence-electron chi connectivity index (χ2n) is 3.69. The Labute approximate surface area is 93.9 Å². The summed E-state index contributed by atoms with van der Waals surface area (Å²) in [5.41, 5.74) is -0.978. The number of ether oxygens (including phenoxy) is 1. The van der Waals surface area contributed by atoms with Gasteiger partial charge in [-0.15, -0.1) is 0 Å². The summed E-state index contributed by atoms with van der Waals surface area (Å²) in [6, 6.07) is 1.16. The number of hydrogen-bond acceptors (Lipinski definition) is 5. The number of alkyl halides is 2. The van der Waals surface area contributed by atoms with Crippen LogP contribution in [0.25, 0.3) is 0 Å². The van der Waals surface area contributed by atoms with Crippen LogP contribution < -0.4 is 5.69 Å². The normalized spacial score (nSPS) is 31.6. The zero-order chi connectivity index (χ0) is 12.6. The van der Waals surface area contributed by atoms with Gasteiger partial charge in [0.1, 0.15) is 12.2 Å². The van der Waals surface area contributed by atoms with E-state index in [1.807, 2.05) is 0 Å². The molecule has 2 heterocycles. The molecule has 0 spiro atoms. The summed E-state index contributed by atoms with van der Waals surface area (Å²) in [6.07, 6.45) is -4.24. The maximum Gasteiger partial charge on any atom is 0.345 e. The number of H-pyrrole nitrogens is 1. The van der Waals surface area contributed by atoms with Crippen LogP contribution in [0.4, 0.5) is 8.78 Å². The smallest absolute Gasteiger partial charge is 0.345 e. The van der Waals surface area contributed by atoms with Crippen molar-refractivity contribution >= 4 is 0 Å². The maximum absolute atomic E-state index is 13.6. The highest BCUT2D eigenvalue weighted by Gasteiger charge is 2.59. The summed E-state index contributed by atoms with van der Waals surface area (Å²) < 4.78 is 32.1. The van der Waals surface area contributed by atoms with Crippen molar-refractivity contribution in [3.63, 3.8) is 0 Å². The van der Waals surface area contributed by atoms with Crippen LogP contribution in [-0.2, 0) is 4.74 Å². The van der Waals surface area contributed by atoms with Crippen molar-refractivity contribution < 1.29 is 23.7 Å². The molecular weight excluding hydrogens is 238 g/mol. The summed E-state index contributed by atoms with van der Waals surface area (Å²) in [5, 5.41) is 18.1. The molecule has 0 aromatic carbocycles. The average molecular weight is 248 g/mol. The minimum Gasteiger partial charge on any atom is -0.394 e. The minimum atomic E-state index is -3.59. The standard InChI is InChI=1S/C9H10F2N2O4/c10-9(11)6(15)5(3-14)17-7(9)4-1-2-12-8(16)13-4/h1-2,5-7,14-15H,3H2,(H,12,13,16)/t5-,6-,7-/m1/s1. The number of hydrogen-bond donors (Lipinski definition) is 3. The molecule has 6 nitrogen and oxygen atoms in total. The van der Waals surface area contributed by atoms with E-state index in [1.165, 1.54) is 0 Å². The summed E-state index contributed by atoms with van der Waals surface area (Å²) in [7, 11) is 0. The predicted octanol–water partition coefficient (Wildman–Crippen LogP) is -0.802. The summed E-state index contributed by atoms with van der Waals surface area (Å²) in [5.74, 6) is -3.59. The molecule has 8 heteroatoms. The lowest BCUT2D eigenvalue weighted by atomic mass is 10.0. The number of aliphatic hydroxyl groups is 2. The van der Waals surface area contributed by atoms with Crippen LogP contribution in [0.3, 0.4) is 0 Å². The van der Waals surface area contributed by atoms with Gasteiger partial charge in [-0.25, -0.2) is 18.6 Å². The van der Waals surface area contributed by atoms with Crippen LogP contribution in [0, 0.1) is 0 Å². The van der Waals surface area contributed by atoms with Crippen LogP contribution in [-0.4, -0.2) is 44.9 Å². The van der Waals surface area contributed by atoms with Gasteiger partial charge in [-0.1, -0.05) is 0 Å². The first kappa shape index (κ1) is 12.1. The summed E-state index contributed by atoms with van der Waals surface area (Å²) in [4.78, 5) is 16.3. The van der Waals surface area contributed by atoms with Gasteiger partial charge in [0, 0.05) is 6.20 Å². The van der Waals surface area contributed by atoms with Gasteiger partial charge in [0.15, 0.2) is 6.10 Å². The predicted molar refractivity (Wildman–Crippen MR) is 50.5 cm³/mol. The first-order chi connectivity index (χ1) is 7.96. The Hall–Kier alpha value is -1.38. The van der Waals surface area contributed by atoms with Crippen molar-refractivity contribution in [1.29, 1.82) is 0 Å². The molecule has 1 aliphatic heterocycles. The molecule has 1 fully saturated rings. The molecule has 1 aromatic rings. The zero-order valence-corrected chi connectivity index (χ0v) is 8.51. The van der Waals surface area contributed by atoms with Crippen LogP contribution in [0.5, 0.6) is 0 Å². The van der Waals surface area contributed by atoms with E-state index in [0.29, 0.717) is 0 Å². The minimum absolute atomic E-state index is 0.190. The molecule has 0 radical (unpaired) electrons. The van der Waals surface area contributed by atoms with Gasteiger partial charge in [0.05, 0.1) is 12.3 Å². The molecule has 0 amide bonds. The molecule has 94 valence electrons. The van der Waals surface area contributed by atoms with Gasteiger partial charge >= 0.3 is 11.6 Å². The quantitative estimate of drug-likeness (QED) is 0.636. The third kappa shape index (κ3) is 1.94. The molecule has 1 saturated heterocycles. The molecule has 2 rings (SSSR count). The number of nitrogens with one attached hydrogen (secondary N) is 1. The average Bonchev–Trinajstić information content (AvgIpc) is 2.51. The van der Waals surface area contributed by atoms with E-state index in [9.17, 15) is 18.7 Å². The number of nitrogens with zero attached hydrogens (tertiary/aromatic N) is 1. The SMILES string of the molecule is O=c1nccc([C@H]2O[C@H](CO)[C@@H](O)C2(F)F)[nH]1. The number of aliphatic hydroxyl groups excluding tert-OH is 2. The Morgan fingerprint density at radius 3 is 2.82 bits per heavy atom. The van der Waals surface area contributed by atoms with Gasteiger partial charge in [-0.05, 0) is 6.07 Å². The van der Waals surface area contributed by atoms with E-state index in [2.05, 4.69) is 9.97 Å². The first-order valence-corrected chi connectivity index (χ1v) is 4.84. The third-order valence-corrected chi connectivity index (χ3v) is 2.57. The van der Waals surface area contributed by atoms with Gasteiger partial charge < -0.3 is 19.9 Å². The largest absolute Gasteiger partial charge is 0.394 e. The summed E-state index contributed by atoms with van der Waals surface area (Å²) >= 11 is 0. The van der Waals surface area contributed by atoms with Crippen molar-refractivity contribution in [2.75, 3.05) is 6.61 Å². The van der Waals surface area contributed by atoms with Crippen molar-refractivity contribution in [3.05, 3.63) is 28.4 Å². The van der Waals surface area contributed by atoms with E-state index in [0.717, 1.165) is 12.3 Å². The zero-order valence-electron chi connectivity index (χ0n) is 8.51. The Morgan fingerprint density at radius 1 is 1.59 bits per heavy atom. The van der Waals surface area contributed by atoms with Crippen LogP contribution in [0.15, 0.2) is 17.1 Å². The van der Waals surface area contributed by atoms with Crippen LogP contribution in [0.2, 0.25) is 0 Å². The van der Waals surface area contributed by atoms with Gasteiger partial charge in [-0.2, -0.15) is 0 Å². The van der Waals surface area contributed by atoms with Crippen LogP contribution in [0.1, 0.15) is 11.8 Å². The fraction of sp³-hybridized carbons (Fsp3) is 0.556. The van der Waals surface area contributed by atoms with Crippen molar-refractivity contribution in [3.8, 4) is 0 Å². The molecule has 0 aliphatic carbocycles. The fourth-order valence-electron chi connectivity index (χ4n) is 1.70. The van der Waals surface area contributed by atoms with E-state index >= 15 is 0 Å². The number of aromatic amines is 1. The Balaban J connectivity index is 2.36. The lowest BCUT2D eigenvalue weighted by molar-refractivity contribution is -0.114. The first-order valence-electron chi connectivity index (χ1n) is 4.84. The van der Waals surface area contributed by atoms with Crippen LogP contribution >= 0.6 is 0 Å². The Morgan fingerprint density at radius 2 is 2.29 bits per heavy atom. The Bertz CT molecular complexity index is 464. The van der Waals surface area contributed by atoms with Crippen molar-refractivity contribution in [2.45, 2.75) is 24.2 Å². The maximum atomic E-state index is 13.6. The Kier molecular flexibility index (Phi) is 2.94. The molecule has 3 N–H and O–H groups in total. The number of halogens is 2. The molecular formula is C9H10F2N2O4. The molecule has 0 bridgehead atoms. The molecule has 0 unspecified atom stereocenters. The number of aromatic nitrogens is 2. The topological polar surface area (TPSA) is 95.4 Å². The molecule has 0 saturated carbocycles. The monoisotopic (exact) mass is 248 g/mol.